The molecule has 0 radical (unpaired) electrons. The molecular weight excluding hydrogens is 286 g/mol. The maximum Gasteiger partial charge on any atom is 0.191 e. The van der Waals surface area contributed by atoms with Gasteiger partial charge in [0.15, 0.2) is 5.96 Å². The van der Waals surface area contributed by atoms with Crippen LogP contribution >= 0.6 is 0 Å². The maximum absolute atomic E-state index is 6.15. The lowest BCUT2D eigenvalue weighted by Crippen LogP contribution is -2.42. The lowest BCUT2D eigenvalue weighted by molar-refractivity contribution is 0.277. The van der Waals surface area contributed by atoms with Gasteiger partial charge in [0, 0.05) is 32.0 Å². The number of aromatic nitrogens is 2. The molecule has 2 N–H and O–H groups in total. The molecule has 23 heavy (non-hydrogen) atoms. The highest BCUT2D eigenvalue weighted by Gasteiger charge is 2.17. The Morgan fingerprint density at radius 3 is 2.74 bits per heavy atom. The van der Waals surface area contributed by atoms with Crippen LogP contribution < -0.4 is 5.73 Å². The van der Waals surface area contributed by atoms with Crippen LogP contribution in [0.5, 0.6) is 0 Å². The van der Waals surface area contributed by atoms with Gasteiger partial charge in [0.05, 0.1) is 0 Å². The molecule has 0 saturated carbocycles. The zero-order chi connectivity index (χ0) is 16.1. The molecule has 3 rings (SSSR count). The summed E-state index contributed by atoms with van der Waals surface area (Å²) in [6.45, 7) is 5.65. The van der Waals surface area contributed by atoms with E-state index in [1.54, 1.807) is 0 Å². The van der Waals surface area contributed by atoms with Crippen molar-refractivity contribution in [3.63, 3.8) is 0 Å². The Bertz CT molecular complexity index is 638. The number of guanidine groups is 1. The van der Waals surface area contributed by atoms with Gasteiger partial charge >= 0.3 is 0 Å². The van der Waals surface area contributed by atoms with Crippen molar-refractivity contribution < 1.29 is 0 Å². The van der Waals surface area contributed by atoms with Gasteiger partial charge < -0.3 is 15.2 Å². The van der Waals surface area contributed by atoms with Crippen molar-refractivity contribution in [2.45, 2.75) is 32.9 Å². The first-order valence-electron chi connectivity index (χ1n) is 8.31. The van der Waals surface area contributed by atoms with E-state index in [4.69, 9.17) is 5.73 Å². The molecule has 0 aliphatic carbocycles. The summed E-state index contributed by atoms with van der Waals surface area (Å²) < 4.78 is 2.13. The van der Waals surface area contributed by atoms with Crippen molar-refractivity contribution in [2.75, 3.05) is 13.1 Å². The second-order valence-electron chi connectivity index (χ2n) is 6.30. The van der Waals surface area contributed by atoms with E-state index in [0.717, 1.165) is 31.4 Å². The van der Waals surface area contributed by atoms with Gasteiger partial charge in [0.25, 0.3) is 0 Å². The molecule has 5 heteroatoms. The van der Waals surface area contributed by atoms with Gasteiger partial charge in [-0.3, -0.25) is 0 Å². The molecule has 0 atom stereocenters. The summed E-state index contributed by atoms with van der Waals surface area (Å²) in [7, 11) is 0. The number of aliphatic imine (C=N–C) groups is 1. The average Bonchev–Trinajstić information content (AvgIpc) is 3.01. The van der Waals surface area contributed by atoms with E-state index in [-0.39, 0.29) is 0 Å². The maximum atomic E-state index is 6.15. The molecule has 5 nitrogen and oxygen atoms in total. The van der Waals surface area contributed by atoms with Gasteiger partial charge in [-0.05, 0) is 24.3 Å². The molecule has 2 aromatic rings. The molecule has 0 amide bonds. The zero-order valence-electron chi connectivity index (χ0n) is 13.7. The van der Waals surface area contributed by atoms with Crippen LogP contribution in [0, 0.1) is 5.92 Å². The summed E-state index contributed by atoms with van der Waals surface area (Å²) >= 11 is 0. The standard InChI is InChI=1S/C18H25N5/c1-15-7-10-22(11-8-15)18(19)21-13-17-20-9-12-23(17)14-16-5-3-2-4-6-16/h2-6,9,12,15H,7-8,10-11,13-14H2,1H3,(H2,19,21). The highest BCUT2D eigenvalue weighted by Crippen LogP contribution is 2.15. The molecular formula is C18H25N5. The van der Waals surface area contributed by atoms with Crippen molar-refractivity contribution in [3.05, 3.63) is 54.1 Å². The monoisotopic (exact) mass is 311 g/mol. The van der Waals surface area contributed by atoms with Gasteiger partial charge in [0.1, 0.15) is 12.4 Å². The summed E-state index contributed by atoms with van der Waals surface area (Å²) in [5.41, 5.74) is 7.41. The lowest BCUT2D eigenvalue weighted by Gasteiger charge is -2.31. The normalized spacial score (nSPS) is 16.7. The molecule has 0 unspecified atom stereocenters. The minimum absolute atomic E-state index is 0.526. The van der Waals surface area contributed by atoms with E-state index in [1.165, 1.54) is 18.4 Å². The Morgan fingerprint density at radius 2 is 2.00 bits per heavy atom. The molecule has 0 bridgehead atoms. The third-order valence-electron chi connectivity index (χ3n) is 4.49. The summed E-state index contributed by atoms with van der Waals surface area (Å²) in [5, 5.41) is 0. The quantitative estimate of drug-likeness (QED) is 0.697. The van der Waals surface area contributed by atoms with Gasteiger partial charge in [-0.1, -0.05) is 37.3 Å². The third-order valence-corrected chi connectivity index (χ3v) is 4.49. The number of rotatable bonds is 4. The molecule has 2 heterocycles. The fourth-order valence-corrected chi connectivity index (χ4v) is 2.91. The van der Waals surface area contributed by atoms with Gasteiger partial charge in [-0.2, -0.15) is 0 Å². The topological polar surface area (TPSA) is 59.4 Å². The summed E-state index contributed by atoms with van der Waals surface area (Å²) in [5.74, 6) is 2.39. The fourth-order valence-electron chi connectivity index (χ4n) is 2.91. The van der Waals surface area contributed by atoms with Crippen LogP contribution in [0.15, 0.2) is 47.7 Å². The largest absolute Gasteiger partial charge is 0.370 e. The highest BCUT2D eigenvalue weighted by atomic mass is 15.3. The van der Waals surface area contributed by atoms with Gasteiger partial charge in [-0.25, -0.2) is 9.98 Å². The number of hydrogen-bond acceptors (Lipinski definition) is 2. The molecule has 1 aliphatic heterocycles. The van der Waals surface area contributed by atoms with Crippen LogP contribution in [0.4, 0.5) is 0 Å². The van der Waals surface area contributed by atoms with Crippen LogP contribution in [0.2, 0.25) is 0 Å². The van der Waals surface area contributed by atoms with Crippen molar-refractivity contribution in [1.29, 1.82) is 0 Å². The van der Waals surface area contributed by atoms with Gasteiger partial charge in [-0.15, -0.1) is 0 Å². The van der Waals surface area contributed by atoms with Gasteiger partial charge in [0.2, 0.25) is 0 Å². The fraction of sp³-hybridized carbons (Fsp3) is 0.444. The number of hydrogen-bond donors (Lipinski definition) is 1. The Balaban J connectivity index is 1.62. The molecule has 1 fully saturated rings. The Hall–Kier alpha value is -2.30. The van der Waals surface area contributed by atoms with E-state index in [0.29, 0.717) is 12.5 Å². The van der Waals surface area contributed by atoms with E-state index in [9.17, 15) is 0 Å². The highest BCUT2D eigenvalue weighted by molar-refractivity contribution is 5.78. The van der Waals surface area contributed by atoms with Crippen LogP contribution in [0.1, 0.15) is 31.2 Å². The lowest BCUT2D eigenvalue weighted by atomic mass is 10.00. The molecule has 1 aromatic carbocycles. The molecule has 122 valence electrons. The smallest absolute Gasteiger partial charge is 0.191 e. The SMILES string of the molecule is CC1CCN(C(N)=NCc2nccn2Cc2ccccc2)CC1. The number of nitrogens with zero attached hydrogens (tertiary/aromatic N) is 4. The Morgan fingerprint density at radius 1 is 1.26 bits per heavy atom. The molecule has 0 spiro atoms. The number of likely N-dealkylation sites (tertiary alicyclic amines) is 1. The molecule has 1 aliphatic rings. The minimum Gasteiger partial charge on any atom is -0.370 e. The number of imidazole rings is 1. The predicted octanol–water partition coefficient (Wildman–Crippen LogP) is 2.48. The zero-order valence-corrected chi connectivity index (χ0v) is 13.7. The first-order valence-corrected chi connectivity index (χ1v) is 8.31. The first-order chi connectivity index (χ1) is 11.2. The average molecular weight is 311 g/mol. The van der Waals surface area contributed by atoms with Crippen LogP contribution in [0.25, 0.3) is 0 Å². The Kier molecular flexibility index (Phi) is 4.95. The third kappa shape index (κ3) is 4.12. The predicted molar refractivity (Wildman–Crippen MR) is 93.1 cm³/mol. The second kappa shape index (κ2) is 7.31. The van der Waals surface area contributed by atoms with Crippen LogP contribution in [0.3, 0.4) is 0 Å². The van der Waals surface area contributed by atoms with E-state index < -0.39 is 0 Å². The second-order valence-corrected chi connectivity index (χ2v) is 6.30. The number of piperidine rings is 1. The summed E-state index contributed by atoms with van der Waals surface area (Å²) in [6.07, 6.45) is 6.21. The van der Waals surface area contributed by atoms with Crippen molar-refractivity contribution in [2.24, 2.45) is 16.6 Å². The van der Waals surface area contributed by atoms with Crippen LogP contribution in [-0.4, -0.2) is 33.5 Å². The minimum atomic E-state index is 0.526. The first kappa shape index (κ1) is 15.6. The number of benzene rings is 1. The molecule has 1 saturated heterocycles. The summed E-state index contributed by atoms with van der Waals surface area (Å²) in [4.78, 5) is 11.2. The Labute approximate surface area is 137 Å². The van der Waals surface area contributed by atoms with Crippen molar-refractivity contribution >= 4 is 5.96 Å². The van der Waals surface area contributed by atoms with E-state index >= 15 is 0 Å². The van der Waals surface area contributed by atoms with Crippen LogP contribution in [-0.2, 0) is 13.1 Å². The van der Waals surface area contributed by atoms with E-state index in [2.05, 4.69) is 50.6 Å². The number of nitrogens with two attached hydrogens (primary N) is 1. The van der Waals surface area contributed by atoms with E-state index in [1.807, 2.05) is 18.5 Å². The van der Waals surface area contributed by atoms with Crippen molar-refractivity contribution in [1.82, 2.24) is 14.5 Å². The summed E-state index contributed by atoms with van der Waals surface area (Å²) in [6, 6.07) is 10.4. The molecule has 1 aromatic heterocycles. The van der Waals surface area contributed by atoms with Crippen molar-refractivity contribution in [3.8, 4) is 0 Å².